The Morgan fingerprint density at radius 1 is 1.00 bits per heavy atom. The van der Waals surface area contributed by atoms with Crippen LogP contribution in [0.25, 0.3) is 22.6 Å². The number of carbonyl (C=O) groups excluding carboxylic acids is 1. The highest BCUT2D eigenvalue weighted by molar-refractivity contribution is 7.99. The third-order valence-corrected chi connectivity index (χ3v) is 5.24. The zero-order valence-corrected chi connectivity index (χ0v) is 17.2. The van der Waals surface area contributed by atoms with E-state index in [1.54, 1.807) is 36.4 Å². The fourth-order valence-electron chi connectivity index (χ4n) is 2.86. The lowest BCUT2D eigenvalue weighted by atomic mass is 10.1. The van der Waals surface area contributed by atoms with Gasteiger partial charge in [-0.1, -0.05) is 36.0 Å². The Morgan fingerprint density at radius 3 is 2.31 bits per heavy atom. The molecule has 160 valence electrons. The average Bonchev–Trinajstić information content (AvgIpc) is 3.27. The van der Waals surface area contributed by atoms with Crippen LogP contribution >= 0.6 is 11.8 Å². The number of hydrogen-bond acceptors (Lipinski definition) is 7. The molecule has 10 heteroatoms. The molecule has 4 rings (SSSR count). The quantitative estimate of drug-likeness (QED) is 0.234. The second-order valence-corrected chi connectivity index (χ2v) is 7.50. The van der Waals surface area contributed by atoms with Crippen LogP contribution in [0.15, 0.2) is 82.4 Å². The number of rotatable bonds is 7. The van der Waals surface area contributed by atoms with Crippen molar-refractivity contribution in [3.05, 3.63) is 88.7 Å². The highest BCUT2D eigenvalue weighted by Gasteiger charge is 2.14. The number of carbonyl (C=O) groups is 1. The fourth-order valence-corrected chi connectivity index (χ4v) is 3.42. The van der Waals surface area contributed by atoms with E-state index in [1.807, 2.05) is 12.1 Å². The van der Waals surface area contributed by atoms with Crippen LogP contribution in [0, 0.1) is 15.9 Å². The molecule has 0 aliphatic carbocycles. The molecule has 0 spiro atoms. The molecule has 0 fully saturated rings. The number of amides is 1. The fraction of sp³-hybridized carbons (Fsp3) is 0.0455. The Hall–Kier alpha value is -4.05. The van der Waals surface area contributed by atoms with Crippen molar-refractivity contribution in [2.75, 3.05) is 11.1 Å². The Bertz CT molecular complexity index is 1260. The SMILES string of the molecule is O=C(CSc1nnc(-c2ccccc2F)o1)Nc1ccc(-c2ccc([N+](=O)[O-])cc2)cc1. The maximum atomic E-state index is 13.8. The summed E-state index contributed by atoms with van der Waals surface area (Å²) >= 11 is 1.04. The topological polar surface area (TPSA) is 111 Å². The van der Waals surface area contributed by atoms with Crippen LogP contribution in [0.5, 0.6) is 0 Å². The number of hydrogen-bond donors (Lipinski definition) is 1. The molecule has 8 nitrogen and oxygen atoms in total. The van der Waals surface area contributed by atoms with Crippen molar-refractivity contribution in [1.29, 1.82) is 0 Å². The summed E-state index contributed by atoms with van der Waals surface area (Å²) in [5.74, 6) is -0.664. The summed E-state index contributed by atoms with van der Waals surface area (Å²) in [6.07, 6.45) is 0. The Balaban J connectivity index is 1.33. The summed E-state index contributed by atoms with van der Waals surface area (Å²) in [5, 5.41) is 21.3. The molecule has 0 saturated carbocycles. The first-order valence-electron chi connectivity index (χ1n) is 9.35. The first kappa shape index (κ1) is 21.2. The van der Waals surface area contributed by atoms with Crippen LogP contribution in [0.1, 0.15) is 0 Å². The highest BCUT2D eigenvalue weighted by Crippen LogP contribution is 2.26. The largest absolute Gasteiger partial charge is 0.411 e. The van der Waals surface area contributed by atoms with Crippen LogP contribution in [0.2, 0.25) is 0 Å². The summed E-state index contributed by atoms with van der Waals surface area (Å²) in [6.45, 7) is 0. The monoisotopic (exact) mass is 450 g/mol. The second-order valence-electron chi connectivity index (χ2n) is 6.57. The van der Waals surface area contributed by atoms with Gasteiger partial charge in [0.15, 0.2) is 0 Å². The van der Waals surface area contributed by atoms with E-state index in [9.17, 15) is 19.3 Å². The molecule has 3 aromatic carbocycles. The first-order valence-corrected chi connectivity index (χ1v) is 10.3. The van der Waals surface area contributed by atoms with E-state index in [2.05, 4.69) is 15.5 Å². The lowest BCUT2D eigenvalue weighted by Crippen LogP contribution is -2.13. The van der Waals surface area contributed by atoms with E-state index >= 15 is 0 Å². The van der Waals surface area contributed by atoms with Gasteiger partial charge in [-0.3, -0.25) is 14.9 Å². The van der Waals surface area contributed by atoms with Gasteiger partial charge in [0.2, 0.25) is 5.91 Å². The second kappa shape index (κ2) is 9.40. The molecule has 32 heavy (non-hydrogen) atoms. The van der Waals surface area contributed by atoms with E-state index in [1.165, 1.54) is 24.3 Å². The van der Waals surface area contributed by atoms with Gasteiger partial charge in [0.1, 0.15) is 5.82 Å². The van der Waals surface area contributed by atoms with E-state index in [0.717, 1.165) is 22.9 Å². The molecule has 0 saturated heterocycles. The smallest absolute Gasteiger partial charge is 0.277 e. The molecule has 1 heterocycles. The minimum Gasteiger partial charge on any atom is -0.411 e. The Labute approximate surface area is 185 Å². The van der Waals surface area contributed by atoms with Crippen molar-refractivity contribution in [1.82, 2.24) is 10.2 Å². The van der Waals surface area contributed by atoms with Gasteiger partial charge < -0.3 is 9.73 Å². The summed E-state index contributed by atoms with van der Waals surface area (Å²) in [6, 6.07) is 19.4. The predicted molar refractivity (Wildman–Crippen MR) is 118 cm³/mol. The summed E-state index contributed by atoms with van der Waals surface area (Å²) in [7, 11) is 0. The third kappa shape index (κ3) is 4.98. The van der Waals surface area contributed by atoms with Crippen LogP contribution in [-0.2, 0) is 4.79 Å². The summed E-state index contributed by atoms with van der Waals surface area (Å²) < 4.78 is 19.2. The summed E-state index contributed by atoms with van der Waals surface area (Å²) in [5.41, 5.74) is 2.51. The standard InChI is InChI=1S/C22H15FN4O4S/c23-19-4-2-1-3-18(19)21-25-26-22(31-21)32-13-20(28)24-16-9-5-14(6-10-16)15-7-11-17(12-8-15)27(29)30/h1-12H,13H2,(H,24,28). The molecule has 0 aliphatic rings. The number of anilines is 1. The zero-order chi connectivity index (χ0) is 22.5. The lowest BCUT2D eigenvalue weighted by molar-refractivity contribution is -0.384. The van der Waals surface area contributed by atoms with Gasteiger partial charge in [0.25, 0.3) is 16.8 Å². The maximum Gasteiger partial charge on any atom is 0.277 e. The number of non-ortho nitro benzene ring substituents is 1. The molecule has 1 N–H and O–H groups in total. The number of aromatic nitrogens is 2. The molecule has 4 aromatic rings. The first-order chi connectivity index (χ1) is 15.5. The number of thioether (sulfide) groups is 1. The molecular formula is C22H15FN4O4S. The maximum absolute atomic E-state index is 13.8. The predicted octanol–water partition coefficient (Wildman–Crippen LogP) is 5.18. The number of nitro benzene ring substituents is 1. The van der Waals surface area contributed by atoms with Gasteiger partial charge in [-0.2, -0.15) is 0 Å². The molecule has 1 aromatic heterocycles. The zero-order valence-electron chi connectivity index (χ0n) is 16.4. The molecule has 0 unspecified atom stereocenters. The highest BCUT2D eigenvalue weighted by atomic mass is 32.2. The van der Waals surface area contributed by atoms with Crippen molar-refractivity contribution in [2.45, 2.75) is 5.22 Å². The number of nitrogens with one attached hydrogen (secondary N) is 1. The number of nitro groups is 1. The minimum atomic E-state index is -0.470. The normalized spacial score (nSPS) is 10.7. The number of nitrogens with zero attached hydrogens (tertiary/aromatic N) is 3. The molecule has 0 radical (unpaired) electrons. The van der Waals surface area contributed by atoms with Gasteiger partial charge in [-0.15, -0.1) is 10.2 Å². The molecule has 1 amide bonds. The molecular weight excluding hydrogens is 435 g/mol. The lowest BCUT2D eigenvalue weighted by Gasteiger charge is -2.06. The van der Waals surface area contributed by atoms with Crippen LogP contribution in [0.3, 0.4) is 0 Å². The summed E-state index contributed by atoms with van der Waals surface area (Å²) in [4.78, 5) is 22.5. The Morgan fingerprint density at radius 2 is 1.66 bits per heavy atom. The molecule has 0 atom stereocenters. The van der Waals surface area contributed by atoms with Crippen molar-refractivity contribution >= 4 is 29.0 Å². The van der Waals surface area contributed by atoms with Gasteiger partial charge in [0, 0.05) is 17.8 Å². The van der Waals surface area contributed by atoms with E-state index < -0.39 is 10.7 Å². The van der Waals surface area contributed by atoms with Gasteiger partial charge in [0.05, 0.1) is 16.2 Å². The van der Waals surface area contributed by atoms with Crippen LogP contribution in [-0.4, -0.2) is 26.8 Å². The molecule has 0 aliphatic heterocycles. The Kier molecular flexibility index (Phi) is 6.22. The van der Waals surface area contributed by atoms with E-state index in [-0.39, 0.29) is 34.0 Å². The number of halogens is 1. The third-order valence-electron chi connectivity index (χ3n) is 4.42. The van der Waals surface area contributed by atoms with E-state index in [0.29, 0.717) is 5.69 Å². The minimum absolute atomic E-state index is 0.0254. The van der Waals surface area contributed by atoms with Crippen molar-refractivity contribution < 1.29 is 18.5 Å². The average molecular weight is 450 g/mol. The van der Waals surface area contributed by atoms with Gasteiger partial charge in [-0.25, -0.2) is 4.39 Å². The van der Waals surface area contributed by atoms with Crippen molar-refractivity contribution in [2.24, 2.45) is 0 Å². The molecule has 0 bridgehead atoms. The van der Waals surface area contributed by atoms with Gasteiger partial charge >= 0.3 is 0 Å². The van der Waals surface area contributed by atoms with Gasteiger partial charge in [-0.05, 0) is 47.5 Å². The number of benzene rings is 3. The van der Waals surface area contributed by atoms with Crippen LogP contribution < -0.4 is 5.32 Å². The van der Waals surface area contributed by atoms with Crippen molar-refractivity contribution in [3.63, 3.8) is 0 Å². The van der Waals surface area contributed by atoms with Crippen molar-refractivity contribution in [3.8, 4) is 22.6 Å². The van der Waals surface area contributed by atoms with Crippen LogP contribution in [0.4, 0.5) is 15.8 Å². The van der Waals surface area contributed by atoms with E-state index in [4.69, 9.17) is 4.42 Å².